The molecule has 0 aliphatic heterocycles. The Bertz CT molecular complexity index is 1960. The van der Waals surface area contributed by atoms with E-state index in [1.54, 1.807) is 55.0 Å². The van der Waals surface area contributed by atoms with Crippen LogP contribution in [-0.2, 0) is 30.9 Å². The van der Waals surface area contributed by atoms with Crippen LogP contribution in [0.2, 0.25) is 0 Å². The first-order valence-corrected chi connectivity index (χ1v) is 14.4. The number of nitrogens with zero attached hydrogens (tertiary/aromatic N) is 6. The minimum absolute atomic E-state index is 0. The summed E-state index contributed by atoms with van der Waals surface area (Å²) in [5.74, 6) is 0. The molecular formula is C40H27IrN6. The van der Waals surface area contributed by atoms with E-state index in [4.69, 9.17) is 6.57 Å². The van der Waals surface area contributed by atoms with E-state index in [-0.39, 0.29) is 20.1 Å². The summed E-state index contributed by atoms with van der Waals surface area (Å²) in [7, 11) is 0. The average Bonchev–Trinajstić information content (AvgIpc) is 3.15. The van der Waals surface area contributed by atoms with E-state index in [0.717, 1.165) is 33.8 Å². The van der Waals surface area contributed by atoms with Gasteiger partial charge in [0.05, 0.1) is 46.9 Å². The third kappa shape index (κ3) is 7.22. The standard InChI is InChI=1S/C21H13N3.C19H14N3.Ir/c1-21(20-11-3-4-12-24-20,17-8-5-7-16(13-17)15-22)18-9-6-10-19(14-18)23-2;1-19(17-9-2-4-11-21-17,18-10-3-5-12-22-18)16-8-6-7-15(13-16)14-20;/h3-7,10-14H,1H3;2-7,9-13H,1H3;/q-2;-1;+3. The Balaban J connectivity index is 0.000000209. The van der Waals surface area contributed by atoms with Crippen LogP contribution in [0.25, 0.3) is 4.85 Å². The molecule has 6 nitrogen and oxygen atoms in total. The Morgan fingerprint density at radius 2 is 1.00 bits per heavy atom. The van der Waals surface area contributed by atoms with Crippen molar-refractivity contribution in [1.82, 2.24) is 15.0 Å². The summed E-state index contributed by atoms with van der Waals surface area (Å²) in [5.41, 5.74) is 5.57. The van der Waals surface area contributed by atoms with Gasteiger partial charge < -0.3 is 0 Å². The smallest absolute Gasteiger partial charge is 0.265 e. The molecule has 0 aliphatic carbocycles. The second-order valence-electron chi connectivity index (χ2n) is 10.7. The Kier molecular flexibility index (Phi) is 11.2. The van der Waals surface area contributed by atoms with Gasteiger partial charge in [-0.15, -0.1) is 23.3 Å². The van der Waals surface area contributed by atoms with Gasteiger partial charge in [0.25, 0.3) is 0 Å². The third-order valence-electron chi connectivity index (χ3n) is 7.92. The summed E-state index contributed by atoms with van der Waals surface area (Å²) in [5, 5.41) is 18.4. The molecule has 6 aromatic rings. The van der Waals surface area contributed by atoms with Crippen molar-refractivity contribution in [2.75, 3.05) is 0 Å². The molecule has 0 fully saturated rings. The molecule has 0 bridgehead atoms. The second kappa shape index (κ2) is 15.5. The summed E-state index contributed by atoms with van der Waals surface area (Å²) in [6.45, 7) is 11.3. The Morgan fingerprint density at radius 1 is 0.596 bits per heavy atom. The number of rotatable bonds is 6. The number of pyridine rings is 3. The summed E-state index contributed by atoms with van der Waals surface area (Å²) < 4.78 is 0. The van der Waals surface area contributed by atoms with Crippen molar-refractivity contribution in [2.24, 2.45) is 0 Å². The molecule has 226 valence electrons. The molecule has 3 heterocycles. The fourth-order valence-electron chi connectivity index (χ4n) is 5.27. The zero-order chi connectivity index (χ0) is 32.4. The average molecular weight is 784 g/mol. The van der Waals surface area contributed by atoms with Gasteiger partial charge in [0.15, 0.2) is 0 Å². The molecule has 1 atom stereocenters. The normalized spacial score (nSPS) is 11.6. The minimum atomic E-state index is -0.658. The molecule has 0 N–H and O–H groups in total. The molecule has 7 heteroatoms. The fourth-order valence-corrected chi connectivity index (χ4v) is 5.27. The molecule has 3 aromatic heterocycles. The van der Waals surface area contributed by atoms with Crippen LogP contribution in [0.15, 0.2) is 128 Å². The van der Waals surface area contributed by atoms with Gasteiger partial charge in [0, 0.05) is 24.0 Å². The third-order valence-corrected chi connectivity index (χ3v) is 7.92. The molecule has 0 amide bonds. The molecule has 0 aliphatic rings. The van der Waals surface area contributed by atoms with Crippen LogP contribution in [0.3, 0.4) is 0 Å². The van der Waals surface area contributed by atoms with Crippen molar-refractivity contribution in [1.29, 1.82) is 10.5 Å². The van der Waals surface area contributed by atoms with Gasteiger partial charge in [-0.1, -0.05) is 29.3 Å². The summed E-state index contributed by atoms with van der Waals surface area (Å²) in [6, 6.07) is 47.4. The number of hydrogen-bond donors (Lipinski definition) is 0. The van der Waals surface area contributed by atoms with E-state index < -0.39 is 10.8 Å². The Morgan fingerprint density at radius 3 is 1.40 bits per heavy atom. The number of aromatic nitrogens is 3. The van der Waals surface area contributed by atoms with Crippen LogP contribution in [-0.4, -0.2) is 15.0 Å². The van der Waals surface area contributed by atoms with Crippen LogP contribution in [0.1, 0.15) is 58.7 Å². The molecule has 0 radical (unpaired) electrons. The van der Waals surface area contributed by atoms with Crippen LogP contribution in [0.5, 0.6) is 0 Å². The minimum Gasteiger partial charge on any atom is -0.265 e. The van der Waals surface area contributed by atoms with E-state index in [2.05, 4.69) is 57.1 Å². The molecule has 0 saturated carbocycles. The number of hydrogen-bond acceptors (Lipinski definition) is 5. The van der Waals surface area contributed by atoms with Crippen molar-refractivity contribution in [3.05, 3.63) is 202 Å². The molecule has 47 heavy (non-hydrogen) atoms. The second-order valence-corrected chi connectivity index (χ2v) is 10.7. The van der Waals surface area contributed by atoms with Crippen LogP contribution >= 0.6 is 0 Å². The van der Waals surface area contributed by atoms with Gasteiger partial charge in [-0.3, -0.25) is 19.8 Å². The van der Waals surface area contributed by atoms with Gasteiger partial charge in [-0.2, -0.15) is 76.8 Å². The zero-order valence-corrected chi connectivity index (χ0v) is 28.0. The van der Waals surface area contributed by atoms with Crippen molar-refractivity contribution in [2.45, 2.75) is 24.7 Å². The summed E-state index contributed by atoms with van der Waals surface area (Å²) in [4.78, 5) is 17.1. The Hall–Kier alpha value is -5.77. The predicted molar refractivity (Wildman–Crippen MR) is 175 cm³/mol. The number of benzene rings is 3. The van der Waals surface area contributed by atoms with Crippen LogP contribution in [0.4, 0.5) is 5.69 Å². The molecule has 3 aromatic carbocycles. The van der Waals surface area contributed by atoms with E-state index in [1.807, 2.05) is 79.7 Å². The molecule has 0 saturated heterocycles. The predicted octanol–water partition coefficient (Wildman–Crippen LogP) is 7.96. The van der Waals surface area contributed by atoms with Gasteiger partial charge in [0.2, 0.25) is 0 Å². The van der Waals surface area contributed by atoms with E-state index >= 15 is 0 Å². The van der Waals surface area contributed by atoms with Gasteiger partial charge in [-0.05, 0) is 50.2 Å². The van der Waals surface area contributed by atoms with Crippen molar-refractivity contribution in [3.63, 3.8) is 0 Å². The molecular weight excluding hydrogens is 757 g/mol. The first-order chi connectivity index (χ1) is 22.4. The SMILES string of the molecule is CC(c1[c-]ccc(C#N)c1)(c1ccccn1)c1ccccn1.[C-]#[N+]c1cc[c-]c(C(C)(c2[c-]ccc(C#N)c2)c2ccccn2)c1.[Ir+3]. The largest absolute Gasteiger partial charge is 3.00 e. The maximum absolute atomic E-state index is 9.22. The topological polar surface area (TPSA) is 90.6 Å². The fraction of sp³-hybridized carbons (Fsp3) is 0.100. The molecule has 1 unspecified atom stereocenters. The van der Waals surface area contributed by atoms with Crippen LogP contribution in [0, 0.1) is 47.4 Å². The summed E-state index contributed by atoms with van der Waals surface area (Å²) >= 11 is 0. The van der Waals surface area contributed by atoms with Crippen molar-refractivity contribution < 1.29 is 20.1 Å². The maximum Gasteiger partial charge on any atom is 3.00 e. The Labute approximate surface area is 289 Å². The van der Waals surface area contributed by atoms with E-state index in [1.165, 1.54) is 0 Å². The van der Waals surface area contributed by atoms with Gasteiger partial charge in [0.1, 0.15) is 0 Å². The summed E-state index contributed by atoms with van der Waals surface area (Å²) in [6.07, 6.45) is 5.27. The molecule has 0 spiro atoms. The van der Waals surface area contributed by atoms with Crippen molar-refractivity contribution in [3.8, 4) is 12.1 Å². The quantitative estimate of drug-likeness (QED) is 0.160. The maximum atomic E-state index is 9.22. The van der Waals surface area contributed by atoms with Crippen LogP contribution < -0.4 is 0 Å². The zero-order valence-electron chi connectivity index (χ0n) is 25.6. The number of nitriles is 2. The van der Waals surface area contributed by atoms with Gasteiger partial charge >= 0.3 is 20.1 Å². The van der Waals surface area contributed by atoms with E-state index in [9.17, 15) is 10.5 Å². The van der Waals surface area contributed by atoms with E-state index in [0.29, 0.717) is 16.8 Å². The first kappa shape index (κ1) is 34.1. The first-order valence-electron chi connectivity index (χ1n) is 14.4. The molecule has 6 rings (SSSR count). The monoisotopic (exact) mass is 784 g/mol. The van der Waals surface area contributed by atoms with Crippen molar-refractivity contribution >= 4 is 5.69 Å². The van der Waals surface area contributed by atoms with Gasteiger partial charge in [-0.25, -0.2) is 0 Å².